The molecule has 1 aromatic heterocycles. The van der Waals surface area contributed by atoms with Crippen LogP contribution in [-0.2, 0) is 121 Å². The minimum absolute atomic E-state index is 0.208. The number of hydrogen-bond acceptors (Lipinski definition) is 3. The van der Waals surface area contributed by atoms with Gasteiger partial charge in [-0.05, 0) is 422 Å². The molecule has 708 valence electrons. The van der Waals surface area contributed by atoms with Gasteiger partial charge in [-0.15, -0.1) is 21.6 Å². The summed E-state index contributed by atoms with van der Waals surface area (Å²) in [6.45, 7) is 30.2. The van der Waals surface area contributed by atoms with Crippen molar-refractivity contribution in [3.63, 3.8) is 0 Å². The van der Waals surface area contributed by atoms with Gasteiger partial charge >= 0.3 is 0 Å². The van der Waals surface area contributed by atoms with E-state index in [0.29, 0.717) is 12.7 Å². The fourth-order valence-electron chi connectivity index (χ4n) is 25.0. The van der Waals surface area contributed by atoms with E-state index in [0.717, 1.165) is 64.4 Å². The van der Waals surface area contributed by atoms with E-state index in [2.05, 4.69) is 393 Å². The van der Waals surface area contributed by atoms with Gasteiger partial charge in [0.05, 0.1) is 12.7 Å². The van der Waals surface area contributed by atoms with Crippen LogP contribution < -0.4 is 0 Å². The van der Waals surface area contributed by atoms with Gasteiger partial charge in [-0.25, -0.2) is 0 Å². The standard InChI is InChI=1S/C29H38.C20H26OS.C19H16S.C18H18O.C17H16.C17H12.C16H14/c1-26(2)9-11-28(5,6)24-16-20-18(14-22(24)26)13-19-15-23-25(17-21(19)20)29(7,8)12-10-27(23,3)4;1-20(2,3)22(4,5)21-14-15-10-11-19-17(12-15)13-16-8-6-7-9-18(16)19;1-13-6-8-17(20-13)11-14-7-9-19-16(10-14)12-15-4-2-3-5-18(15)19;1-2-6-17-14(4-1)12-15-10-13(7-8-18(15)17)11-16-5-3-9-19-16;1-3-7-15-12(5-1)9-10-14-11-13-6-2-4-8-16(13)17(14)15;1-2-6-13-11-17-15(9-12(13)5-1)10-14-7-3-4-8-16(14)17;1-2-7-15-13(4-1)9-14-8-11-5-3-6-12(11)10-16(14)15/h14-17H,9-13H2,1-8H3;6-12H,13-14H2,1-5H3;2-10H,11-12H2,1H3;1-2,4,6-8,10,16H,3,5,9,11-12H2;2,4,6,8-10H,1,3,5,7,11H2;1-9,11H,10H2;1-2,4,7-8,10H,3,5-6,9H2. The Morgan fingerprint density at radius 3 is 1.19 bits per heavy atom. The van der Waals surface area contributed by atoms with Crippen LogP contribution in [0, 0.1) is 6.92 Å². The van der Waals surface area contributed by atoms with E-state index in [9.17, 15) is 0 Å². The Morgan fingerprint density at radius 1 is 0.314 bits per heavy atom. The Kier molecular flexibility index (Phi) is 25.2. The highest BCUT2D eigenvalue weighted by molar-refractivity contribution is 8.29. The van der Waals surface area contributed by atoms with Crippen molar-refractivity contribution in [1.82, 2.24) is 0 Å². The lowest BCUT2D eigenvalue weighted by atomic mass is 9.62. The van der Waals surface area contributed by atoms with Gasteiger partial charge in [-0.1, -0.05) is 355 Å². The molecule has 140 heavy (non-hydrogen) atoms. The average molecular weight is 1870 g/mol. The minimum atomic E-state index is -1.06. The maximum atomic E-state index is 6.30. The first-order valence-electron chi connectivity index (χ1n) is 52.6. The van der Waals surface area contributed by atoms with Gasteiger partial charge in [-0.2, -0.15) is 0 Å². The van der Waals surface area contributed by atoms with Crippen LogP contribution in [0.15, 0.2) is 297 Å². The van der Waals surface area contributed by atoms with Crippen molar-refractivity contribution < 1.29 is 8.92 Å². The zero-order chi connectivity index (χ0) is 96.1. The van der Waals surface area contributed by atoms with Gasteiger partial charge in [0.1, 0.15) is 0 Å². The van der Waals surface area contributed by atoms with Crippen LogP contribution in [0.2, 0.25) is 0 Å². The molecule has 28 rings (SSSR count). The number of fused-ring (bicyclic) bond motifs is 27. The number of hydrogen-bond donors (Lipinski definition) is 0. The monoisotopic (exact) mass is 1870 g/mol. The second-order valence-electron chi connectivity index (χ2n) is 46.4. The molecule has 12 aliphatic rings. The van der Waals surface area contributed by atoms with Crippen molar-refractivity contribution in [2.75, 3.05) is 19.1 Å². The third-order valence-electron chi connectivity index (χ3n) is 34.0. The molecule has 11 aliphatic carbocycles. The van der Waals surface area contributed by atoms with Gasteiger partial charge in [0, 0.05) is 27.5 Å². The lowest BCUT2D eigenvalue weighted by Gasteiger charge is -2.43. The largest absolute Gasteiger partial charge is 0.378 e. The summed E-state index contributed by atoms with van der Waals surface area (Å²) < 4.78 is 12.2. The number of ether oxygens (including phenoxy) is 1. The summed E-state index contributed by atoms with van der Waals surface area (Å²) in [5.41, 5.74) is 59.4. The fourth-order valence-corrected chi connectivity index (χ4v) is 26.7. The van der Waals surface area contributed by atoms with Crippen molar-refractivity contribution in [1.29, 1.82) is 0 Å². The second-order valence-corrected chi connectivity index (χ2v) is 51.7. The fraction of sp³-hybridized carbons (Fsp3) is 0.324. The third-order valence-corrected chi connectivity index (χ3v) is 38.7. The van der Waals surface area contributed by atoms with Crippen molar-refractivity contribution >= 4 is 32.4 Å². The first kappa shape index (κ1) is 93.5. The van der Waals surface area contributed by atoms with E-state index in [-0.39, 0.29) is 26.4 Å². The lowest BCUT2D eigenvalue weighted by molar-refractivity contribution is 0.111. The summed E-state index contributed by atoms with van der Waals surface area (Å²) in [6, 6.07) is 111. The Labute approximate surface area is 841 Å². The van der Waals surface area contributed by atoms with Gasteiger partial charge in [0.2, 0.25) is 0 Å². The molecule has 0 saturated carbocycles. The van der Waals surface area contributed by atoms with Crippen LogP contribution in [0.1, 0.15) is 283 Å². The molecular weight excluding hydrogens is 1730 g/mol. The molecule has 0 spiro atoms. The maximum Gasteiger partial charge on any atom is 0.0843 e. The van der Waals surface area contributed by atoms with Crippen LogP contribution in [-0.4, -0.2) is 30.0 Å². The number of aryl methyl sites for hydroxylation is 4. The first-order chi connectivity index (χ1) is 67.6. The van der Waals surface area contributed by atoms with Crippen LogP contribution in [0.5, 0.6) is 0 Å². The predicted molar refractivity (Wildman–Crippen MR) is 598 cm³/mol. The zero-order valence-corrected chi connectivity index (χ0v) is 87.1. The molecule has 1 unspecified atom stereocenters. The molecule has 0 bridgehead atoms. The van der Waals surface area contributed by atoms with Crippen molar-refractivity contribution in [3.8, 4) is 77.9 Å². The molecular formula is C136H140O2S2. The highest BCUT2D eigenvalue weighted by Gasteiger charge is 2.43. The molecule has 0 radical (unpaired) electrons. The molecule has 1 fully saturated rings. The van der Waals surface area contributed by atoms with Crippen molar-refractivity contribution in [2.45, 2.75) is 263 Å². The molecule has 4 heteroatoms. The van der Waals surface area contributed by atoms with Crippen LogP contribution in [0.3, 0.4) is 0 Å². The molecule has 15 aromatic carbocycles. The Balaban J connectivity index is 0.0000000947. The molecule has 2 heterocycles. The van der Waals surface area contributed by atoms with E-state index in [1.165, 1.54) is 249 Å². The van der Waals surface area contributed by atoms with Crippen LogP contribution in [0.25, 0.3) is 88.7 Å². The lowest BCUT2D eigenvalue weighted by Crippen LogP contribution is -2.34. The smallest absolute Gasteiger partial charge is 0.0843 e. The van der Waals surface area contributed by atoms with Crippen LogP contribution in [0.4, 0.5) is 0 Å². The van der Waals surface area contributed by atoms with Gasteiger partial charge < -0.3 is 8.92 Å². The molecule has 1 saturated heterocycles. The van der Waals surface area contributed by atoms with E-state index < -0.39 is 10.3 Å². The molecule has 2 nitrogen and oxygen atoms in total. The van der Waals surface area contributed by atoms with Gasteiger partial charge in [-0.3, -0.25) is 0 Å². The minimum Gasteiger partial charge on any atom is -0.378 e. The number of benzene rings is 15. The Hall–Kier alpha value is -11.5. The summed E-state index contributed by atoms with van der Waals surface area (Å²) in [4.78, 5) is 2.85. The number of thiophene rings is 1. The van der Waals surface area contributed by atoms with Crippen molar-refractivity contribution in [2.24, 2.45) is 0 Å². The second kappa shape index (κ2) is 37.8. The zero-order valence-electron chi connectivity index (χ0n) is 85.5. The molecule has 1 atom stereocenters. The first-order valence-corrected chi connectivity index (χ1v) is 55.8. The summed E-state index contributed by atoms with van der Waals surface area (Å²) in [5, 5.41) is 2.68. The Bertz CT molecular complexity index is 7390. The van der Waals surface area contributed by atoms with Crippen molar-refractivity contribution in [3.05, 3.63) is 446 Å². The van der Waals surface area contributed by atoms with E-state index in [4.69, 9.17) is 8.92 Å². The highest BCUT2D eigenvalue weighted by atomic mass is 32.3. The highest BCUT2D eigenvalue weighted by Crippen LogP contribution is 2.57. The predicted octanol–water partition coefficient (Wildman–Crippen LogP) is 35.0. The topological polar surface area (TPSA) is 18.5 Å². The molecule has 0 amide bonds. The summed E-state index contributed by atoms with van der Waals surface area (Å²) in [5.74, 6) is 0. The van der Waals surface area contributed by atoms with Gasteiger partial charge in [0.25, 0.3) is 0 Å². The van der Waals surface area contributed by atoms with E-state index in [1.54, 1.807) is 72.3 Å². The average Bonchev–Trinajstić information content (AvgIpc) is 1.53. The third kappa shape index (κ3) is 18.6. The quantitative estimate of drug-likeness (QED) is 0.158. The van der Waals surface area contributed by atoms with E-state index >= 15 is 0 Å². The summed E-state index contributed by atoms with van der Waals surface area (Å²) in [6.07, 6.45) is 31.6. The number of rotatable bonds is 7. The molecule has 1 aliphatic heterocycles. The van der Waals surface area contributed by atoms with E-state index in [1.807, 2.05) is 11.3 Å². The maximum absolute atomic E-state index is 6.30. The van der Waals surface area contributed by atoms with Crippen LogP contribution >= 0.6 is 21.6 Å². The molecule has 0 N–H and O–H groups in total. The SMILES string of the molecule is CC(C)(C)S(C)(C)OCc1ccc2c(c1)Cc1ccccc1-2.CC1(C)CCC(C)(C)c2cc3c(cc21)Cc1cc2c(cc1-3)C(C)(C)CCC2(C)C.Cc1ccc(Cc2ccc3c(c2)Cc2ccccc2-3)s1.c1ccc2c(c1)Cc1cc(CC3CCCO3)ccc1-2.c1ccc2c(c1)Cc1cc3c(cc1-2)CCC3.c1ccc2c(c1)Cc1cc3ccccc3cc1-2.c1ccc2c(c1)Cc1ccc3c(c1-2)CCCC3. The molecule has 16 aromatic rings. The van der Waals surface area contributed by atoms with Gasteiger partial charge in [0.15, 0.2) is 0 Å². The Morgan fingerprint density at radius 2 is 0.686 bits per heavy atom. The summed E-state index contributed by atoms with van der Waals surface area (Å²) in [7, 11) is -1.06. The normalized spacial score (nSPS) is 17.1. The summed E-state index contributed by atoms with van der Waals surface area (Å²) >= 11 is 1.90.